The minimum absolute atomic E-state index is 0.166. The van der Waals surface area contributed by atoms with Crippen LogP contribution in [0.2, 0.25) is 5.02 Å². The summed E-state index contributed by atoms with van der Waals surface area (Å²) in [6.45, 7) is 3.74. The number of nitrogen functional groups attached to an aromatic ring is 1. The molecule has 39 heavy (non-hydrogen) atoms. The van der Waals surface area contributed by atoms with E-state index in [9.17, 15) is 13.6 Å². The molecule has 0 bridgehead atoms. The first-order chi connectivity index (χ1) is 18.8. The Bertz CT molecular complexity index is 1140. The quantitative estimate of drug-likeness (QED) is 0.157. The van der Waals surface area contributed by atoms with Gasteiger partial charge in [0.05, 0.1) is 22.4 Å². The fourth-order valence-corrected chi connectivity index (χ4v) is 5.85. The molecule has 2 aromatic carbocycles. The third-order valence-corrected chi connectivity index (χ3v) is 8.46. The molecule has 2 aliphatic rings. The number of nitrogens with one attached hydrogen (secondary N) is 1. The van der Waals surface area contributed by atoms with Crippen molar-refractivity contribution < 1.29 is 23.0 Å². The van der Waals surface area contributed by atoms with Gasteiger partial charge in [0.2, 0.25) is 0 Å². The van der Waals surface area contributed by atoms with Gasteiger partial charge in [-0.2, -0.15) is 5.26 Å². The molecule has 1 amide bonds. The summed E-state index contributed by atoms with van der Waals surface area (Å²) in [5, 5.41) is 9.24. The number of carbonyl (C=O) groups excluding carboxylic acids is 1. The van der Waals surface area contributed by atoms with Crippen molar-refractivity contribution in [3.8, 4) is 6.07 Å². The molecule has 4 rings (SSSR count). The highest BCUT2D eigenvalue weighted by molar-refractivity contribution is 7.99. The Kier molecular flexibility index (Phi) is 13.1. The normalized spacial score (nSPS) is 17.5. The van der Waals surface area contributed by atoms with Crippen LogP contribution in [0.5, 0.6) is 0 Å². The Morgan fingerprint density at radius 1 is 1.28 bits per heavy atom. The van der Waals surface area contributed by atoms with Crippen molar-refractivity contribution in [1.82, 2.24) is 9.62 Å². The summed E-state index contributed by atoms with van der Waals surface area (Å²) in [4.78, 5) is 15.4. The number of methoxy groups -OCH3 is 1. The number of hydrogen-bond donors (Lipinski definition) is 2. The molecule has 2 heterocycles. The van der Waals surface area contributed by atoms with Crippen molar-refractivity contribution in [2.75, 3.05) is 44.8 Å². The van der Waals surface area contributed by atoms with Crippen LogP contribution < -0.4 is 10.5 Å². The number of nitrogens with two attached hydrogens (primary N) is 1. The van der Waals surface area contributed by atoms with Crippen molar-refractivity contribution >= 4 is 46.9 Å². The maximum atomic E-state index is 13.4. The number of nitriles is 1. The minimum Gasteiger partial charge on any atom is -0.396 e. The molecule has 0 saturated carbocycles. The van der Waals surface area contributed by atoms with Gasteiger partial charge in [-0.1, -0.05) is 11.6 Å². The summed E-state index contributed by atoms with van der Waals surface area (Å²) < 4.78 is 39.4. The van der Waals surface area contributed by atoms with E-state index in [-0.39, 0.29) is 11.6 Å². The zero-order chi connectivity index (χ0) is 28.2. The van der Waals surface area contributed by atoms with E-state index in [2.05, 4.69) is 9.62 Å². The number of hydrogen-bond acceptors (Lipinski definition) is 8. The van der Waals surface area contributed by atoms with Gasteiger partial charge in [-0.15, -0.1) is 11.8 Å². The van der Waals surface area contributed by atoms with E-state index in [0.717, 1.165) is 75.5 Å². The van der Waals surface area contributed by atoms with Gasteiger partial charge in [0.25, 0.3) is 5.91 Å². The fourth-order valence-electron chi connectivity index (χ4n) is 3.93. The molecular formula is C27H33ClF2N4O3S2. The average Bonchev–Trinajstić information content (AvgIpc) is 2.91. The zero-order valence-electron chi connectivity index (χ0n) is 21.8. The number of unbranched alkanes of at least 4 members (excludes halogenated alkanes) is 1. The Labute approximate surface area is 241 Å². The van der Waals surface area contributed by atoms with E-state index in [0.29, 0.717) is 33.1 Å². The molecular weight excluding hydrogens is 566 g/mol. The molecule has 0 aromatic heterocycles. The number of carbonyl (C=O) groups is 1. The van der Waals surface area contributed by atoms with Gasteiger partial charge in [0, 0.05) is 42.7 Å². The van der Waals surface area contributed by atoms with Crippen LogP contribution in [-0.2, 0) is 14.3 Å². The van der Waals surface area contributed by atoms with E-state index < -0.39 is 17.7 Å². The molecule has 2 fully saturated rings. The van der Waals surface area contributed by atoms with Gasteiger partial charge in [0.1, 0.15) is 23.8 Å². The lowest BCUT2D eigenvalue weighted by molar-refractivity contribution is -0.133. The number of nitrogens with zero attached hydrogens (tertiary/aromatic N) is 2. The molecule has 12 heteroatoms. The Morgan fingerprint density at radius 3 is 2.74 bits per heavy atom. The zero-order valence-corrected chi connectivity index (χ0v) is 24.1. The third kappa shape index (κ3) is 10.1. The predicted molar refractivity (Wildman–Crippen MR) is 152 cm³/mol. The number of ether oxygens (including phenoxy) is 2. The van der Waals surface area contributed by atoms with E-state index in [1.165, 1.54) is 23.9 Å². The van der Waals surface area contributed by atoms with Crippen LogP contribution in [0.3, 0.4) is 0 Å². The van der Waals surface area contributed by atoms with Crippen molar-refractivity contribution in [1.29, 1.82) is 5.26 Å². The van der Waals surface area contributed by atoms with Crippen molar-refractivity contribution in [2.24, 2.45) is 0 Å². The van der Waals surface area contributed by atoms with Crippen LogP contribution in [0.4, 0.5) is 14.5 Å². The van der Waals surface area contributed by atoms with Crippen LogP contribution >= 0.6 is 35.3 Å². The summed E-state index contributed by atoms with van der Waals surface area (Å²) >= 11 is 8.49. The number of benzene rings is 2. The first-order valence-corrected chi connectivity index (χ1v) is 14.9. The maximum absolute atomic E-state index is 13.4. The second-order valence-electron chi connectivity index (χ2n) is 9.15. The first-order valence-electron chi connectivity index (χ1n) is 12.7. The summed E-state index contributed by atoms with van der Waals surface area (Å²) in [5.41, 5.74) is 6.21. The number of thioether (sulfide) groups is 1. The molecule has 2 aliphatic heterocycles. The van der Waals surface area contributed by atoms with Gasteiger partial charge in [-0.25, -0.2) is 8.78 Å². The highest BCUT2D eigenvalue weighted by Gasteiger charge is 2.25. The van der Waals surface area contributed by atoms with Gasteiger partial charge >= 0.3 is 0 Å². The van der Waals surface area contributed by atoms with Crippen molar-refractivity contribution in [3.05, 3.63) is 52.6 Å². The van der Waals surface area contributed by atoms with Crippen molar-refractivity contribution in [2.45, 2.75) is 54.1 Å². The third-order valence-electron chi connectivity index (χ3n) is 6.24. The number of amides is 1. The lowest BCUT2D eigenvalue weighted by atomic mass is 10.1. The Hall–Kier alpha value is -2.07. The maximum Gasteiger partial charge on any atom is 0.259 e. The smallest absolute Gasteiger partial charge is 0.259 e. The summed E-state index contributed by atoms with van der Waals surface area (Å²) in [6.07, 6.45) is 4.88. The number of rotatable bonds is 10. The number of likely N-dealkylation sites (tertiary alicyclic amines) is 1. The van der Waals surface area contributed by atoms with Crippen LogP contribution in [-0.4, -0.2) is 62.1 Å². The molecule has 0 spiro atoms. The van der Waals surface area contributed by atoms with Crippen LogP contribution in [0.1, 0.15) is 37.7 Å². The van der Waals surface area contributed by atoms with E-state index in [1.54, 1.807) is 19.2 Å². The topological polar surface area (TPSA) is 101 Å². The fraction of sp³-hybridized carbons (Fsp3) is 0.481. The second-order valence-corrected chi connectivity index (χ2v) is 11.6. The highest BCUT2D eigenvalue weighted by Crippen LogP contribution is 2.29. The Balaban J connectivity index is 0.000000216. The molecule has 0 radical (unpaired) electrons. The SMILES string of the molecule is COC1CN(CCCCSc2ccc(F)cc2F)C1.N#Cc1cc(SNC(=O)C2CCCCO2)cc(Cl)c1N. The summed E-state index contributed by atoms with van der Waals surface area (Å²) in [7, 11) is 1.75. The van der Waals surface area contributed by atoms with Gasteiger partial charge < -0.3 is 15.2 Å². The van der Waals surface area contributed by atoms with E-state index in [1.807, 2.05) is 6.07 Å². The first kappa shape index (κ1) is 31.5. The molecule has 2 aromatic rings. The Morgan fingerprint density at radius 2 is 2.08 bits per heavy atom. The van der Waals surface area contributed by atoms with Crippen LogP contribution in [0.15, 0.2) is 40.1 Å². The molecule has 1 atom stereocenters. The molecule has 1 unspecified atom stereocenters. The number of anilines is 1. The molecule has 3 N–H and O–H groups in total. The van der Waals surface area contributed by atoms with Crippen LogP contribution in [0, 0.1) is 23.0 Å². The van der Waals surface area contributed by atoms with Gasteiger partial charge in [0.15, 0.2) is 0 Å². The van der Waals surface area contributed by atoms with Gasteiger partial charge in [-0.05, 0) is 80.6 Å². The predicted octanol–water partition coefficient (Wildman–Crippen LogP) is 5.65. The minimum atomic E-state index is -0.521. The summed E-state index contributed by atoms with van der Waals surface area (Å²) in [6, 6.07) is 8.92. The molecule has 2 saturated heterocycles. The second kappa shape index (κ2) is 16.3. The standard InChI is InChI=1S/C14H19F2NOS.C13H14ClN3O2S/c1-18-12-9-17(10-12)6-2-3-7-19-14-5-4-11(15)8-13(14)16;14-10-6-9(5-8(7-15)12(10)16)20-17-13(18)11-3-1-2-4-19-11/h4-5,8,12H,2-3,6-7,9-10H2,1H3;5-6,11H,1-4,16H2,(H,17,18). The average molecular weight is 599 g/mol. The molecule has 7 nitrogen and oxygen atoms in total. The molecule has 212 valence electrons. The highest BCUT2D eigenvalue weighted by atomic mass is 35.5. The number of halogens is 3. The lowest BCUT2D eigenvalue weighted by Crippen LogP contribution is -2.51. The largest absolute Gasteiger partial charge is 0.396 e. The van der Waals surface area contributed by atoms with Crippen molar-refractivity contribution in [3.63, 3.8) is 0 Å². The van der Waals surface area contributed by atoms with Crippen LogP contribution in [0.25, 0.3) is 0 Å². The lowest BCUT2D eigenvalue weighted by Gasteiger charge is -2.38. The van der Waals surface area contributed by atoms with E-state index in [4.69, 9.17) is 32.1 Å². The van der Waals surface area contributed by atoms with E-state index >= 15 is 0 Å². The summed E-state index contributed by atoms with van der Waals surface area (Å²) in [5.74, 6) is -0.284. The van der Waals surface area contributed by atoms with Gasteiger partial charge in [-0.3, -0.25) is 14.4 Å². The molecule has 0 aliphatic carbocycles. The monoisotopic (exact) mass is 598 g/mol.